The molecule has 7 heteroatoms. The first-order valence-corrected chi connectivity index (χ1v) is 5.56. The predicted molar refractivity (Wildman–Crippen MR) is 66.3 cm³/mol. The Bertz CT molecular complexity index is 400. The topological polar surface area (TPSA) is 76.2 Å². The molecule has 0 aromatic carbocycles. The van der Waals surface area contributed by atoms with Gasteiger partial charge in [0, 0.05) is 20.1 Å². The van der Waals surface area contributed by atoms with Crippen LogP contribution in [-0.2, 0) is 13.5 Å². The molecule has 0 saturated heterocycles. The van der Waals surface area contributed by atoms with Gasteiger partial charge in [0.2, 0.25) is 5.82 Å². The molecule has 1 heterocycles. The summed E-state index contributed by atoms with van der Waals surface area (Å²) in [5, 5.41) is 18.2. The van der Waals surface area contributed by atoms with Crippen LogP contribution in [0.5, 0.6) is 0 Å². The maximum absolute atomic E-state index is 11.0. The van der Waals surface area contributed by atoms with Gasteiger partial charge in [-0.3, -0.25) is 10.1 Å². The lowest BCUT2D eigenvalue weighted by atomic mass is 10.3. The monoisotopic (exact) mass is 241 g/mol. The van der Waals surface area contributed by atoms with Crippen molar-refractivity contribution in [2.24, 2.45) is 7.05 Å². The van der Waals surface area contributed by atoms with Crippen LogP contribution in [0.3, 0.4) is 0 Å². The maximum Gasteiger partial charge on any atom is 0.333 e. The van der Waals surface area contributed by atoms with E-state index in [1.165, 1.54) is 4.68 Å². The molecule has 17 heavy (non-hydrogen) atoms. The van der Waals surface area contributed by atoms with E-state index in [9.17, 15) is 10.1 Å². The van der Waals surface area contributed by atoms with E-state index in [-0.39, 0.29) is 10.6 Å². The van der Waals surface area contributed by atoms with Crippen LogP contribution in [0.15, 0.2) is 0 Å². The van der Waals surface area contributed by atoms with Crippen LogP contribution in [0.2, 0.25) is 0 Å². The van der Waals surface area contributed by atoms with Gasteiger partial charge in [0.15, 0.2) is 0 Å². The number of nitrogens with zero attached hydrogens (tertiary/aromatic N) is 4. The fourth-order valence-corrected chi connectivity index (χ4v) is 1.59. The van der Waals surface area contributed by atoms with Gasteiger partial charge in [-0.15, -0.1) is 0 Å². The Morgan fingerprint density at radius 2 is 2.18 bits per heavy atom. The maximum atomic E-state index is 11.0. The summed E-state index contributed by atoms with van der Waals surface area (Å²) in [5.74, 6) is 0.480. The average Bonchev–Trinajstić information content (AvgIpc) is 2.55. The average molecular weight is 241 g/mol. The molecule has 0 radical (unpaired) electrons. The first-order valence-electron chi connectivity index (χ1n) is 5.56. The minimum absolute atomic E-state index is 0.0914. The normalized spacial score (nSPS) is 10.9. The van der Waals surface area contributed by atoms with Crippen LogP contribution in [0.1, 0.15) is 12.6 Å². The zero-order valence-corrected chi connectivity index (χ0v) is 10.7. The number of nitro groups is 1. The van der Waals surface area contributed by atoms with Gasteiger partial charge in [-0.05, 0) is 20.5 Å². The molecule has 0 aliphatic carbocycles. The minimum Gasteiger partial charge on any atom is -0.363 e. The van der Waals surface area contributed by atoms with E-state index < -0.39 is 0 Å². The number of rotatable bonds is 6. The number of anilines is 1. The Hall–Kier alpha value is -1.63. The Labute approximate surface area is 101 Å². The van der Waals surface area contributed by atoms with Crippen LogP contribution in [-0.4, -0.2) is 46.8 Å². The Kier molecular flexibility index (Phi) is 4.45. The van der Waals surface area contributed by atoms with Crippen LogP contribution in [0.25, 0.3) is 0 Å². The van der Waals surface area contributed by atoms with Crippen molar-refractivity contribution in [3.63, 3.8) is 0 Å². The van der Waals surface area contributed by atoms with E-state index in [0.717, 1.165) is 6.54 Å². The minimum atomic E-state index is -0.371. The van der Waals surface area contributed by atoms with Gasteiger partial charge in [-0.25, -0.2) is 4.68 Å². The van der Waals surface area contributed by atoms with Crippen LogP contribution in [0.4, 0.5) is 11.5 Å². The summed E-state index contributed by atoms with van der Waals surface area (Å²) in [6.07, 6.45) is 0.555. The number of nitrogens with one attached hydrogen (secondary N) is 1. The second-order valence-electron chi connectivity index (χ2n) is 4.11. The number of likely N-dealkylation sites (N-methyl/N-ethyl adjacent to an activating group) is 1. The highest BCUT2D eigenvalue weighted by atomic mass is 16.6. The lowest BCUT2D eigenvalue weighted by Gasteiger charge is -2.10. The van der Waals surface area contributed by atoms with Gasteiger partial charge in [-0.1, -0.05) is 6.92 Å². The molecule has 1 N–H and O–H groups in total. The number of hydrogen-bond acceptors (Lipinski definition) is 5. The van der Waals surface area contributed by atoms with Crippen molar-refractivity contribution in [1.82, 2.24) is 14.7 Å². The number of hydrogen-bond donors (Lipinski definition) is 1. The van der Waals surface area contributed by atoms with E-state index in [1.54, 1.807) is 7.05 Å². The van der Waals surface area contributed by atoms with Crippen molar-refractivity contribution in [3.05, 3.63) is 15.8 Å². The molecule has 0 saturated carbocycles. The second kappa shape index (κ2) is 5.62. The van der Waals surface area contributed by atoms with Crippen LogP contribution < -0.4 is 5.32 Å². The van der Waals surface area contributed by atoms with Crippen molar-refractivity contribution in [2.75, 3.05) is 32.5 Å². The SMILES string of the molecule is CCc1nn(C)c(NCCN(C)C)c1[N+](=O)[O-]. The van der Waals surface area contributed by atoms with E-state index in [4.69, 9.17) is 0 Å². The molecule has 0 fully saturated rings. The highest BCUT2D eigenvalue weighted by molar-refractivity contribution is 5.59. The summed E-state index contributed by atoms with van der Waals surface area (Å²) in [5.41, 5.74) is 0.610. The van der Waals surface area contributed by atoms with E-state index in [2.05, 4.69) is 10.4 Å². The molecule has 0 spiro atoms. The molecule has 0 aliphatic heterocycles. The van der Waals surface area contributed by atoms with E-state index in [1.807, 2.05) is 25.9 Å². The first-order chi connectivity index (χ1) is 7.97. The fourth-order valence-electron chi connectivity index (χ4n) is 1.59. The molecule has 7 nitrogen and oxygen atoms in total. The Balaban J connectivity index is 2.89. The number of aryl methyl sites for hydroxylation is 2. The van der Waals surface area contributed by atoms with Gasteiger partial charge < -0.3 is 10.2 Å². The highest BCUT2D eigenvalue weighted by Crippen LogP contribution is 2.27. The summed E-state index contributed by atoms with van der Waals surface area (Å²) in [6.45, 7) is 3.32. The molecule has 1 aromatic heterocycles. The van der Waals surface area contributed by atoms with Gasteiger partial charge in [0.1, 0.15) is 5.69 Å². The first kappa shape index (κ1) is 13.4. The summed E-state index contributed by atoms with van der Waals surface area (Å²) in [7, 11) is 5.62. The molecule has 0 amide bonds. The third kappa shape index (κ3) is 3.16. The highest BCUT2D eigenvalue weighted by Gasteiger charge is 2.25. The van der Waals surface area contributed by atoms with Crippen molar-refractivity contribution in [2.45, 2.75) is 13.3 Å². The van der Waals surface area contributed by atoms with E-state index in [0.29, 0.717) is 24.5 Å². The summed E-state index contributed by atoms with van der Waals surface area (Å²) >= 11 is 0. The second-order valence-corrected chi connectivity index (χ2v) is 4.11. The summed E-state index contributed by atoms with van der Waals surface area (Å²) < 4.78 is 1.53. The zero-order chi connectivity index (χ0) is 13.0. The molecular formula is C10H19N5O2. The van der Waals surface area contributed by atoms with E-state index >= 15 is 0 Å². The van der Waals surface area contributed by atoms with Crippen molar-refractivity contribution in [3.8, 4) is 0 Å². The predicted octanol–water partition coefficient (Wildman–Crippen LogP) is 0.864. The van der Waals surface area contributed by atoms with Gasteiger partial charge in [0.05, 0.1) is 4.92 Å². The molecule has 0 bridgehead atoms. The molecule has 1 aromatic rings. The third-order valence-electron chi connectivity index (χ3n) is 2.46. The third-order valence-corrected chi connectivity index (χ3v) is 2.46. The van der Waals surface area contributed by atoms with Crippen molar-refractivity contribution >= 4 is 11.5 Å². The lowest BCUT2D eigenvalue weighted by molar-refractivity contribution is -0.384. The molecule has 96 valence electrons. The van der Waals surface area contributed by atoms with Gasteiger partial charge in [0.25, 0.3) is 0 Å². The molecular weight excluding hydrogens is 222 g/mol. The smallest absolute Gasteiger partial charge is 0.333 e. The standard InChI is InChI=1S/C10H19N5O2/c1-5-8-9(15(16)17)10(14(4)12-8)11-6-7-13(2)3/h11H,5-7H2,1-4H3. The molecule has 0 aliphatic rings. The zero-order valence-electron chi connectivity index (χ0n) is 10.7. The van der Waals surface area contributed by atoms with Gasteiger partial charge in [-0.2, -0.15) is 5.10 Å². The van der Waals surface area contributed by atoms with Crippen LogP contribution in [0, 0.1) is 10.1 Å². The quantitative estimate of drug-likeness (QED) is 0.590. The molecule has 0 unspecified atom stereocenters. The fraction of sp³-hybridized carbons (Fsp3) is 0.700. The Morgan fingerprint density at radius 1 is 1.53 bits per heavy atom. The van der Waals surface area contributed by atoms with Crippen LogP contribution >= 0.6 is 0 Å². The van der Waals surface area contributed by atoms with Crippen molar-refractivity contribution in [1.29, 1.82) is 0 Å². The molecule has 0 atom stereocenters. The molecule has 1 rings (SSSR count). The van der Waals surface area contributed by atoms with Crippen molar-refractivity contribution < 1.29 is 4.92 Å². The number of aromatic nitrogens is 2. The van der Waals surface area contributed by atoms with Gasteiger partial charge >= 0.3 is 5.69 Å². The Morgan fingerprint density at radius 3 is 2.65 bits per heavy atom. The lowest BCUT2D eigenvalue weighted by Crippen LogP contribution is -2.21. The largest absolute Gasteiger partial charge is 0.363 e. The summed E-state index contributed by atoms with van der Waals surface area (Å²) in [4.78, 5) is 12.7. The summed E-state index contributed by atoms with van der Waals surface area (Å²) in [6, 6.07) is 0.